The molecule has 0 saturated carbocycles. The van der Waals surface area contributed by atoms with Crippen molar-refractivity contribution >= 4 is 18.7 Å². The standard InChI is InChI=1S/C14H20S/c1-2-13-8-10-14(11-9-13)7-5-3-4-6-12-15/h2,8-11,15H,1,3-7,12H2. The number of rotatable bonds is 7. The molecule has 0 aliphatic heterocycles. The lowest BCUT2D eigenvalue weighted by Crippen LogP contribution is -1.86. The van der Waals surface area contributed by atoms with E-state index in [-0.39, 0.29) is 0 Å². The van der Waals surface area contributed by atoms with Crippen molar-refractivity contribution in [3.8, 4) is 0 Å². The highest BCUT2D eigenvalue weighted by Gasteiger charge is 1.93. The van der Waals surface area contributed by atoms with Gasteiger partial charge in [0.1, 0.15) is 0 Å². The van der Waals surface area contributed by atoms with Crippen LogP contribution in [-0.2, 0) is 6.42 Å². The maximum atomic E-state index is 4.21. The van der Waals surface area contributed by atoms with Crippen molar-refractivity contribution in [3.63, 3.8) is 0 Å². The summed E-state index contributed by atoms with van der Waals surface area (Å²) >= 11 is 4.21. The molecule has 82 valence electrons. The molecule has 1 aromatic carbocycles. The van der Waals surface area contributed by atoms with Gasteiger partial charge >= 0.3 is 0 Å². The molecule has 0 spiro atoms. The summed E-state index contributed by atoms with van der Waals surface area (Å²) in [5, 5.41) is 0. The van der Waals surface area contributed by atoms with Crippen LogP contribution >= 0.6 is 12.6 Å². The minimum atomic E-state index is 1.02. The Bertz CT molecular complexity index is 274. The molecule has 0 amide bonds. The highest BCUT2D eigenvalue weighted by atomic mass is 32.1. The van der Waals surface area contributed by atoms with Gasteiger partial charge in [0.15, 0.2) is 0 Å². The van der Waals surface area contributed by atoms with Gasteiger partial charge in [0.05, 0.1) is 0 Å². The minimum absolute atomic E-state index is 1.02. The quantitative estimate of drug-likeness (QED) is 0.512. The van der Waals surface area contributed by atoms with Crippen molar-refractivity contribution in [3.05, 3.63) is 42.0 Å². The van der Waals surface area contributed by atoms with Gasteiger partial charge in [0, 0.05) is 0 Å². The molecule has 1 heteroatoms. The Hall–Kier alpha value is -0.690. The van der Waals surface area contributed by atoms with E-state index in [1.165, 1.54) is 43.2 Å². The minimum Gasteiger partial charge on any atom is -0.179 e. The smallest absolute Gasteiger partial charge is 0.00979 e. The van der Waals surface area contributed by atoms with Gasteiger partial charge in [-0.2, -0.15) is 12.6 Å². The van der Waals surface area contributed by atoms with Gasteiger partial charge in [0.2, 0.25) is 0 Å². The van der Waals surface area contributed by atoms with E-state index in [1.54, 1.807) is 0 Å². The number of hydrogen-bond donors (Lipinski definition) is 1. The number of hydrogen-bond acceptors (Lipinski definition) is 1. The summed E-state index contributed by atoms with van der Waals surface area (Å²) < 4.78 is 0. The third kappa shape index (κ3) is 5.08. The molecule has 15 heavy (non-hydrogen) atoms. The fourth-order valence-corrected chi connectivity index (χ4v) is 1.84. The Labute approximate surface area is 98.8 Å². The molecule has 0 aromatic heterocycles. The lowest BCUT2D eigenvalue weighted by Gasteiger charge is -2.02. The average Bonchev–Trinajstić information content (AvgIpc) is 2.30. The number of benzene rings is 1. The Balaban J connectivity index is 2.22. The fraction of sp³-hybridized carbons (Fsp3) is 0.429. The van der Waals surface area contributed by atoms with Crippen LogP contribution in [0.5, 0.6) is 0 Å². The summed E-state index contributed by atoms with van der Waals surface area (Å²) in [7, 11) is 0. The van der Waals surface area contributed by atoms with Crippen LogP contribution in [0, 0.1) is 0 Å². The van der Waals surface area contributed by atoms with Crippen LogP contribution in [0.2, 0.25) is 0 Å². The van der Waals surface area contributed by atoms with E-state index < -0.39 is 0 Å². The van der Waals surface area contributed by atoms with E-state index in [0.29, 0.717) is 0 Å². The van der Waals surface area contributed by atoms with Crippen molar-refractivity contribution in [2.24, 2.45) is 0 Å². The highest BCUT2D eigenvalue weighted by molar-refractivity contribution is 7.80. The second-order valence-corrected chi connectivity index (χ2v) is 4.28. The van der Waals surface area contributed by atoms with Crippen LogP contribution in [0.25, 0.3) is 6.08 Å². The zero-order valence-corrected chi connectivity index (χ0v) is 10.2. The highest BCUT2D eigenvalue weighted by Crippen LogP contribution is 2.10. The predicted molar refractivity (Wildman–Crippen MR) is 72.6 cm³/mol. The Kier molecular flexibility index (Phi) is 6.26. The van der Waals surface area contributed by atoms with Crippen molar-refractivity contribution in [1.29, 1.82) is 0 Å². The Morgan fingerprint density at radius 1 is 1.00 bits per heavy atom. The van der Waals surface area contributed by atoms with Crippen molar-refractivity contribution < 1.29 is 0 Å². The molecular weight excluding hydrogens is 200 g/mol. The van der Waals surface area contributed by atoms with Crippen LogP contribution in [0.4, 0.5) is 0 Å². The van der Waals surface area contributed by atoms with Crippen LogP contribution < -0.4 is 0 Å². The van der Waals surface area contributed by atoms with Gasteiger partial charge in [-0.15, -0.1) is 0 Å². The summed E-state index contributed by atoms with van der Waals surface area (Å²) in [4.78, 5) is 0. The van der Waals surface area contributed by atoms with E-state index in [2.05, 4.69) is 43.5 Å². The van der Waals surface area contributed by atoms with Crippen LogP contribution in [0.1, 0.15) is 36.8 Å². The lowest BCUT2D eigenvalue weighted by molar-refractivity contribution is 0.671. The summed E-state index contributed by atoms with van der Waals surface area (Å²) in [6, 6.07) is 8.68. The molecule has 0 radical (unpaired) electrons. The van der Waals surface area contributed by atoms with Gasteiger partial charge in [-0.3, -0.25) is 0 Å². The second-order valence-electron chi connectivity index (χ2n) is 3.83. The van der Waals surface area contributed by atoms with Crippen molar-refractivity contribution in [2.45, 2.75) is 32.1 Å². The molecule has 0 nitrogen and oxygen atoms in total. The number of unbranched alkanes of at least 4 members (excludes halogenated alkanes) is 3. The first-order valence-corrected chi connectivity index (χ1v) is 6.32. The normalized spacial score (nSPS) is 10.2. The van der Waals surface area contributed by atoms with E-state index in [1.807, 2.05) is 6.08 Å². The Morgan fingerprint density at radius 2 is 1.67 bits per heavy atom. The molecule has 1 rings (SSSR count). The van der Waals surface area contributed by atoms with Crippen molar-refractivity contribution in [2.75, 3.05) is 5.75 Å². The first-order chi connectivity index (χ1) is 7.36. The molecule has 0 heterocycles. The first kappa shape index (κ1) is 12.4. The zero-order valence-electron chi connectivity index (χ0n) is 9.28. The third-order valence-corrected chi connectivity index (χ3v) is 2.91. The number of thiol groups is 1. The van der Waals surface area contributed by atoms with Gasteiger partial charge in [-0.1, -0.05) is 49.8 Å². The fourth-order valence-electron chi connectivity index (χ4n) is 1.61. The summed E-state index contributed by atoms with van der Waals surface area (Å²) in [6.07, 6.45) is 8.26. The summed E-state index contributed by atoms with van der Waals surface area (Å²) in [5.74, 6) is 1.02. The van der Waals surface area contributed by atoms with Crippen LogP contribution in [0.15, 0.2) is 30.8 Å². The molecule has 0 aliphatic carbocycles. The average molecular weight is 220 g/mol. The molecule has 0 N–H and O–H groups in total. The molecule has 0 atom stereocenters. The van der Waals surface area contributed by atoms with Gasteiger partial charge in [-0.05, 0) is 36.1 Å². The molecule has 0 unspecified atom stereocenters. The maximum absolute atomic E-state index is 4.21. The van der Waals surface area contributed by atoms with Crippen LogP contribution in [-0.4, -0.2) is 5.75 Å². The van der Waals surface area contributed by atoms with Gasteiger partial charge < -0.3 is 0 Å². The Morgan fingerprint density at radius 3 is 2.27 bits per heavy atom. The molecule has 0 bridgehead atoms. The maximum Gasteiger partial charge on any atom is -0.00979 e. The molecule has 0 fully saturated rings. The van der Waals surface area contributed by atoms with E-state index in [9.17, 15) is 0 Å². The van der Waals surface area contributed by atoms with E-state index in [0.717, 1.165) is 5.75 Å². The van der Waals surface area contributed by atoms with E-state index >= 15 is 0 Å². The third-order valence-electron chi connectivity index (χ3n) is 2.59. The molecule has 0 aliphatic rings. The van der Waals surface area contributed by atoms with Gasteiger partial charge in [0.25, 0.3) is 0 Å². The molecule has 0 saturated heterocycles. The second kappa shape index (κ2) is 7.58. The predicted octanol–water partition coefficient (Wildman–Crippen LogP) is 4.36. The lowest BCUT2D eigenvalue weighted by atomic mass is 10.0. The topological polar surface area (TPSA) is 0 Å². The van der Waals surface area contributed by atoms with Gasteiger partial charge in [-0.25, -0.2) is 0 Å². The SMILES string of the molecule is C=Cc1ccc(CCCCCCS)cc1. The van der Waals surface area contributed by atoms with Crippen LogP contribution in [0.3, 0.4) is 0 Å². The summed E-state index contributed by atoms with van der Waals surface area (Å²) in [6.45, 7) is 3.75. The largest absolute Gasteiger partial charge is 0.179 e. The molecule has 1 aromatic rings. The summed E-state index contributed by atoms with van der Waals surface area (Å²) in [5.41, 5.74) is 2.64. The zero-order chi connectivity index (χ0) is 10.9. The van der Waals surface area contributed by atoms with E-state index in [4.69, 9.17) is 0 Å². The first-order valence-electron chi connectivity index (χ1n) is 5.69. The molecular formula is C14H20S. The van der Waals surface area contributed by atoms with Crippen molar-refractivity contribution in [1.82, 2.24) is 0 Å². The monoisotopic (exact) mass is 220 g/mol. The number of aryl methyl sites for hydroxylation is 1.